The standard InChI is InChI=1S/C21H29N3O2S/c1-5-6-15-7-9-16(10-8-15)23-24-19(14-27-21(24)22-2)18-13-17(25-3)11-12-20(18)26-4/h11-15H,5-10H2,1-4H3. The quantitative estimate of drug-likeness (QED) is 0.703. The zero-order valence-electron chi connectivity index (χ0n) is 16.7. The summed E-state index contributed by atoms with van der Waals surface area (Å²) in [6.07, 6.45) is 7.24. The lowest BCUT2D eigenvalue weighted by molar-refractivity contribution is 0.404. The number of aromatic nitrogens is 1. The van der Waals surface area contributed by atoms with Crippen LogP contribution in [0, 0.1) is 5.92 Å². The Balaban J connectivity index is 1.99. The van der Waals surface area contributed by atoms with Gasteiger partial charge < -0.3 is 9.47 Å². The molecule has 1 fully saturated rings. The van der Waals surface area contributed by atoms with E-state index < -0.39 is 0 Å². The van der Waals surface area contributed by atoms with Gasteiger partial charge in [-0.15, -0.1) is 11.3 Å². The van der Waals surface area contributed by atoms with E-state index in [2.05, 4.69) is 17.3 Å². The SMILES string of the molecule is CCCC1CCC(=Nn2c(-c3cc(OC)ccc3OC)csc2=NC)CC1. The van der Waals surface area contributed by atoms with Crippen LogP contribution in [-0.4, -0.2) is 31.7 Å². The summed E-state index contributed by atoms with van der Waals surface area (Å²) >= 11 is 1.59. The molecule has 0 radical (unpaired) electrons. The third-order valence-corrected chi connectivity index (χ3v) is 6.09. The summed E-state index contributed by atoms with van der Waals surface area (Å²) in [5.41, 5.74) is 3.21. The average Bonchev–Trinajstić information content (AvgIpc) is 3.11. The molecule has 0 aliphatic heterocycles. The van der Waals surface area contributed by atoms with Gasteiger partial charge in [0.05, 0.1) is 19.9 Å². The van der Waals surface area contributed by atoms with Crippen molar-refractivity contribution in [3.63, 3.8) is 0 Å². The fraction of sp³-hybridized carbons (Fsp3) is 0.524. The van der Waals surface area contributed by atoms with Crippen molar-refractivity contribution < 1.29 is 9.47 Å². The van der Waals surface area contributed by atoms with Gasteiger partial charge in [-0.05, 0) is 49.8 Å². The molecule has 2 aromatic rings. The molecule has 1 aromatic heterocycles. The van der Waals surface area contributed by atoms with Crippen molar-refractivity contribution in [3.8, 4) is 22.8 Å². The summed E-state index contributed by atoms with van der Waals surface area (Å²) in [5.74, 6) is 2.46. The van der Waals surface area contributed by atoms with E-state index >= 15 is 0 Å². The zero-order valence-corrected chi connectivity index (χ0v) is 17.5. The van der Waals surface area contributed by atoms with Gasteiger partial charge in [0.15, 0.2) is 0 Å². The van der Waals surface area contributed by atoms with Crippen molar-refractivity contribution in [2.45, 2.75) is 45.4 Å². The predicted octanol–water partition coefficient (Wildman–Crippen LogP) is 4.96. The molecule has 6 heteroatoms. The smallest absolute Gasteiger partial charge is 0.205 e. The minimum atomic E-state index is 0.797. The maximum absolute atomic E-state index is 5.58. The number of rotatable bonds is 6. The lowest BCUT2D eigenvalue weighted by Gasteiger charge is -2.22. The van der Waals surface area contributed by atoms with E-state index in [4.69, 9.17) is 14.6 Å². The normalized spacial score (nSPS) is 17.9. The molecule has 1 aliphatic rings. The van der Waals surface area contributed by atoms with Gasteiger partial charge in [0.2, 0.25) is 4.80 Å². The van der Waals surface area contributed by atoms with Gasteiger partial charge in [-0.25, -0.2) is 4.68 Å². The second-order valence-corrected chi connectivity index (χ2v) is 7.74. The third kappa shape index (κ3) is 4.43. The first-order chi connectivity index (χ1) is 13.2. The predicted molar refractivity (Wildman–Crippen MR) is 112 cm³/mol. The second kappa shape index (κ2) is 9.22. The molecule has 0 spiro atoms. The van der Waals surface area contributed by atoms with E-state index in [1.165, 1.54) is 31.4 Å². The van der Waals surface area contributed by atoms with Crippen LogP contribution < -0.4 is 14.3 Å². The van der Waals surface area contributed by atoms with Gasteiger partial charge in [0, 0.05) is 23.7 Å². The van der Waals surface area contributed by atoms with E-state index in [0.717, 1.165) is 46.3 Å². The Labute approximate surface area is 165 Å². The Morgan fingerprint density at radius 2 is 1.96 bits per heavy atom. The topological polar surface area (TPSA) is 48.1 Å². The lowest BCUT2D eigenvalue weighted by atomic mass is 9.85. The minimum Gasteiger partial charge on any atom is -0.497 e. The lowest BCUT2D eigenvalue weighted by Crippen LogP contribution is -2.19. The van der Waals surface area contributed by atoms with E-state index in [1.807, 2.05) is 29.9 Å². The summed E-state index contributed by atoms with van der Waals surface area (Å²) in [7, 11) is 5.18. The Morgan fingerprint density at radius 3 is 2.59 bits per heavy atom. The second-order valence-electron chi connectivity index (χ2n) is 6.90. The highest BCUT2D eigenvalue weighted by Crippen LogP contribution is 2.34. The Bertz CT molecular complexity index is 857. The van der Waals surface area contributed by atoms with Gasteiger partial charge in [0.25, 0.3) is 0 Å². The maximum Gasteiger partial charge on any atom is 0.205 e. The molecule has 0 saturated heterocycles. The molecule has 27 heavy (non-hydrogen) atoms. The van der Waals surface area contributed by atoms with Crippen LogP contribution in [0.4, 0.5) is 0 Å². The molecule has 1 aliphatic carbocycles. The fourth-order valence-corrected chi connectivity index (χ4v) is 4.48. The Kier molecular flexibility index (Phi) is 6.72. The summed E-state index contributed by atoms with van der Waals surface area (Å²) < 4.78 is 13.0. The number of ether oxygens (including phenoxy) is 2. The van der Waals surface area contributed by atoms with Gasteiger partial charge in [-0.1, -0.05) is 19.8 Å². The molecule has 0 atom stereocenters. The monoisotopic (exact) mass is 387 g/mol. The van der Waals surface area contributed by atoms with Crippen molar-refractivity contribution in [2.24, 2.45) is 16.0 Å². The molecule has 0 bridgehead atoms. The zero-order chi connectivity index (χ0) is 19.2. The van der Waals surface area contributed by atoms with Crippen molar-refractivity contribution in [2.75, 3.05) is 21.3 Å². The highest BCUT2D eigenvalue weighted by molar-refractivity contribution is 7.07. The molecule has 0 unspecified atom stereocenters. The number of benzene rings is 1. The number of thiazole rings is 1. The molecule has 1 heterocycles. The molecular formula is C21H29N3O2S. The summed E-state index contributed by atoms with van der Waals surface area (Å²) in [6.45, 7) is 2.27. The maximum atomic E-state index is 5.58. The number of hydrogen-bond donors (Lipinski definition) is 0. The molecule has 1 saturated carbocycles. The Morgan fingerprint density at radius 1 is 1.19 bits per heavy atom. The van der Waals surface area contributed by atoms with Gasteiger partial charge in [-0.3, -0.25) is 4.99 Å². The number of methoxy groups -OCH3 is 2. The van der Waals surface area contributed by atoms with Crippen molar-refractivity contribution in [1.82, 2.24) is 4.68 Å². The molecule has 0 N–H and O–H groups in total. The summed E-state index contributed by atoms with van der Waals surface area (Å²) in [5, 5.41) is 7.09. The van der Waals surface area contributed by atoms with Gasteiger partial charge in [-0.2, -0.15) is 5.10 Å². The van der Waals surface area contributed by atoms with Crippen LogP contribution >= 0.6 is 11.3 Å². The van der Waals surface area contributed by atoms with E-state index in [9.17, 15) is 0 Å². The van der Waals surface area contributed by atoms with Gasteiger partial charge >= 0.3 is 0 Å². The minimum absolute atomic E-state index is 0.797. The van der Waals surface area contributed by atoms with Crippen LogP contribution in [0.15, 0.2) is 33.7 Å². The van der Waals surface area contributed by atoms with Crippen molar-refractivity contribution in [1.29, 1.82) is 0 Å². The molecule has 3 rings (SSSR count). The van der Waals surface area contributed by atoms with Crippen LogP contribution in [-0.2, 0) is 0 Å². The number of hydrogen-bond acceptors (Lipinski definition) is 5. The molecule has 0 amide bonds. The van der Waals surface area contributed by atoms with Crippen LogP contribution in [0.2, 0.25) is 0 Å². The summed E-state index contributed by atoms with van der Waals surface area (Å²) in [4.78, 5) is 5.31. The van der Waals surface area contributed by atoms with Gasteiger partial charge in [0.1, 0.15) is 11.5 Å². The van der Waals surface area contributed by atoms with E-state index in [1.54, 1.807) is 25.6 Å². The largest absolute Gasteiger partial charge is 0.497 e. The highest BCUT2D eigenvalue weighted by Gasteiger charge is 2.19. The molecule has 146 valence electrons. The third-order valence-electron chi connectivity index (χ3n) is 5.18. The highest BCUT2D eigenvalue weighted by atomic mass is 32.1. The number of nitrogens with zero attached hydrogens (tertiary/aromatic N) is 3. The van der Waals surface area contributed by atoms with E-state index in [-0.39, 0.29) is 0 Å². The van der Waals surface area contributed by atoms with Crippen LogP contribution in [0.3, 0.4) is 0 Å². The average molecular weight is 388 g/mol. The van der Waals surface area contributed by atoms with Crippen molar-refractivity contribution in [3.05, 3.63) is 28.4 Å². The fourth-order valence-electron chi connectivity index (χ4n) is 3.70. The van der Waals surface area contributed by atoms with Crippen LogP contribution in [0.1, 0.15) is 45.4 Å². The Hall–Kier alpha value is -2.08. The van der Waals surface area contributed by atoms with Crippen LogP contribution in [0.5, 0.6) is 11.5 Å². The first-order valence-electron chi connectivity index (χ1n) is 9.62. The molecule has 1 aromatic carbocycles. The first kappa shape index (κ1) is 19.7. The van der Waals surface area contributed by atoms with Crippen LogP contribution in [0.25, 0.3) is 11.3 Å². The summed E-state index contributed by atoms with van der Waals surface area (Å²) in [6, 6.07) is 5.84. The molecule has 5 nitrogen and oxygen atoms in total. The van der Waals surface area contributed by atoms with E-state index in [0.29, 0.717) is 0 Å². The molecular weight excluding hydrogens is 358 g/mol. The first-order valence-corrected chi connectivity index (χ1v) is 10.5. The van der Waals surface area contributed by atoms with Crippen molar-refractivity contribution >= 4 is 17.0 Å².